The Morgan fingerprint density at radius 2 is 1.67 bits per heavy atom. The predicted molar refractivity (Wildman–Crippen MR) is 29.4 cm³/mol. The first kappa shape index (κ1) is 9.59. The first-order chi connectivity index (χ1) is 2.73. The molecule has 0 bridgehead atoms. The molecule has 0 aromatic carbocycles. The Balaban J connectivity index is 0. The third-order valence-electron chi connectivity index (χ3n) is 0. The van der Waals surface area contributed by atoms with E-state index in [1.165, 1.54) is 0 Å². The first-order valence-electron chi connectivity index (χ1n) is 1.52. The zero-order valence-corrected chi connectivity index (χ0v) is 5.30. The maximum Gasteiger partial charge on any atom is -0.0683 e. The van der Waals surface area contributed by atoms with Crippen LogP contribution in [0.4, 0.5) is 0 Å². The van der Waals surface area contributed by atoms with E-state index in [1.807, 2.05) is 13.8 Å². The summed E-state index contributed by atoms with van der Waals surface area (Å²) in [5.41, 5.74) is 0. The summed E-state index contributed by atoms with van der Waals surface area (Å²) in [6, 6.07) is 0. The Morgan fingerprint density at radius 3 is 1.67 bits per heavy atom. The summed E-state index contributed by atoms with van der Waals surface area (Å²) >= 11 is 3.65. The average Bonchev–Trinajstić information content (AvgIpc) is 1.41. The minimum absolute atomic E-state index is 2.00. The van der Waals surface area contributed by atoms with Gasteiger partial charge in [-0.25, -0.2) is 11.2 Å². The van der Waals surface area contributed by atoms with E-state index in [0.29, 0.717) is 0 Å². The highest BCUT2D eigenvalue weighted by atomic mass is 32.8. The normalized spacial score (nSPS) is 6.67. The van der Waals surface area contributed by atoms with Gasteiger partial charge in [0.05, 0.1) is 0 Å². The molecule has 0 amide bonds. The summed E-state index contributed by atoms with van der Waals surface area (Å²) in [5.74, 6) is 0. The van der Waals surface area contributed by atoms with E-state index in [2.05, 4.69) is 11.2 Å². The van der Waals surface area contributed by atoms with Crippen molar-refractivity contribution in [2.24, 2.45) is 0 Å². The SMILES string of the molecule is CC.O=[S-](O)=S. The van der Waals surface area contributed by atoms with E-state index >= 15 is 0 Å². The van der Waals surface area contributed by atoms with Crippen molar-refractivity contribution in [2.45, 2.75) is 13.8 Å². The standard InChI is InChI=1S/C2H6.HO2S2/c1-2;1-4(2)3/h1-2H3;(H,1,2,3)/q;-1. The fraction of sp³-hybridized carbons (Fsp3) is 1.00. The van der Waals surface area contributed by atoms with Crippen molar-refractivity contribution in [3.8, 4) is 0 Å². The molecule has 0 aliphatic heterocycles. The van der Waals surface area contributed by atoms with Crippen LogP contribution in [0, 0.1) is 0 Å². The van der Waals surface area contributed by atoms with Crippen LogP contribution in [-0.4, -0.2) is 4.55 Å². The Bertz CT molecular complexity index is 57.9. The maximum absolute atomic E-state index is 8.93. The first-order valence-corrected chi connectivity index (χ1v) is 3.55. The van der Waals surface area contributed by atoms with E-state index in [0.717, 1.165) is 0 Å². The van der Waals surface area contributed by atoms with Crippen molar-refractivity contribution in [2.75, 3.05) is 0 Å². The van der Waals surface area contributed by atoms with Gasteiger partial charge >= 0.3 is 0 Å². The second-order valence-electron chi connectivity index (χ2n) is 0.217. The highest BCUT2D eigenvalue weighted by Crippen LogP contribution is 1.33. The van der Waals surface area contributed by atoms with Gasteiger partial charge in [0.15, 0.2) is 0 Å². The molecule has 0 aromatic heterocycles. The van der Waals surface area contributed by atoms with Gasteiger partial charge in [-0.2, -0.15) is 0 Å². The van der Waals surface area contributed by atoms with Crippen LogP contribution >= 0.6 is 0 Å². The highest BCUT2D eigenvalue weighted by Gasteiger charge is 1.19. The van der Waals surface area contributed by atoms with Crippen LogP contribution in [0.15, 0.2) is 0 Å². The minimum Gasteiger partial charge on any atom is -0.459 e. The van der Waals surface area contributed by atoms with Crippen molar-refractivity contribution in [1.82, 2.24) is 0 Å². The third-order valence-corrected chi connectivity index (χ3v) is 0. The van der Waals surface area contributed by atoms with Crippen LogP contribution in [0.2, 0.25) is 0 Å². The van der Waals surface area contributed by atoms with Gasteiger partial charge in [0.1, 0.15) is 0 Å². The number of rotatable bonds is 0. The van der Waals surface area contributed by atoms with Crippen LogP contribution in [0.3, 0.4) is 0 Å². The lowest BCUT2D eigenvalue weighted by Crippen LogP contribution is -1.51. The summed E-state index contributed by atoms with van der Waals surface area (Å²) in [4.78, 5) is 0. The van der Waals surface area contributed by atoms with Gasteiger partial charge in [0.25, 0.3) is 0 Å². The lowest BCUT2D eigenvalue weighted by atomic mass is 11.0. The number of hydrogen-bond donors (Lipinski definition) is 1. The monoisotopic (exact) mass is 127 g/mol. The molecule has 0 rings (SSSR count). The molecule has 0 aliphatic rings. The molecule has 0 spiro atoms. The largest absolute Gasteiger partial charge is 0.459 e. The molecule has 0 heterocycles. The minimum atomic E-state index is -2.03. The smallest absolute Gasteiger partial charge is 0.0683 e. The van der Waals surface area contributed by atoms with Crippen LogP contribution in [-0.2, 0) is 25.0 Å². The Labute approximate surface area is 44.1 Å². The van der Waals surface area contributed by atoms with Gasteiger partial charge in [-0.3, -0.25) is 0 Å². The van der Waals surface area contributed by atoms with E-state index in [9.17, 15) is 0 Å². The van der Waals surface area contributed by atoms with Gasteiger partial charge < -0.3 is 8.76 Å². The molecule has 0 saturated heterocycles. The van der Waals surface area contributed by atoms with E-state index in [1.54, 1.807) is 0 Å². The summed E-state index contributed by atoms with van der Waals surface area (Å²) in [6.45, 7) is 4.00. The van der Waals surface area contributed by atoms with Crippen LogP contribution in [0.25, 0.3) is 0 Å². The summed E-state index contributed by atoms with van der Waals surface area (Å²) < 4.78 is 16.3. The van der Waals surface area contributed by atoms with Gasteiger partial charge in [-0.15, -0.1) is 0 Å². The summed E-state index contributed by atoms with van der Waals surface area (Å²) in [6.07, 6.45) is 0. The molecule has 2 nitrogen and oxygen atoms in total. The van der Waals surface area contributed by atoms with Gasteiger partial charge in [0, 0.05) is 0 Å². The molecule has 0 saturated carbocycles. The van der Waals surface area contributed by atoms with E-state index in [-0.39, 0.29) is 0 Å². The van der Waals surface area contributed by atoms with E-state index < -0.39 is 9.64 Å². The van der Waals surface area contributed by atoms with Gasteiger partial charge in [0.2, 0.25) is 0 Å². The van der Waals surface area contributed by atoms with E-state index in [4.69, 9.17) is 8.76 Å². The second-order valence-corrected chi connectivity index (χ2v) is 1.51. The zero-order chi connectivity index (χ0) is 5.58. The molecule has 0 fully saturated rings. The average molecular weight is 127 g/mol. The van der Waals surface area contributed by atoms with Crippen molar-refractivity contribution in [3.63, 3.8) is 0 Å². The molecule has 0 atom stereocenters. The predicted octanol–water partition coefficient (Wildman–Crippen LogP) is 0.911. The zero-order valence-electron chi connectivity index (χ0n) is 3.67. The highest BCUT2D eigenvalue weighted by molar-refractivity contribution is 8.18. The molecule has 0 radical (unpaired) electrons. The van der Waals surface area contributed by atoms with Crippen molar-refractivity contribution in [3.05, 3.63) is 0 Å². The fourth-order valence-electron chi connectivity index (χ4n) is 0. The van der Waals surface area contributed by atoms with Gasteiger partial charge in [-0.1, -0.05) is 23.5 Å². The Hall–Kier alpha value is 0.330. The Kier molecular flexibility index (Phi) is 14.4. The molecule has 0 aliphatic carbocycles. The third kappa shape index (κ3) is 441. The lowest BCUT2D eigenvalue weighted by molar-refractivity contribution is 0.536. The topological polar surface area (TPSA) is 37.3 Å². The summed E-state index contributed by atoms with van der Waals surface area (Å²) in [7, 11) is -2.03. The van der Waals surface area contributed by atoms with Crippen LogP contribution in [0.5, 0.6) is 0 Å². The quantitative estimate of drug-likeness (QED) is 0.388. The van der Waals surface area contributed by atoms with Crippen LogP contribution in [0.1, 0.15) is 13.8 Å². The molecule has 4 heteroatoms. The Morgan fingerprint density at radius 1 is 1.67 bits per heavy atom. The number of hydrogen-bond acceptors (Lipinski definition) is 3. The second kappa shape index (κ2) is 9.01. The molecule has 0 aromatic rings. The molecule has 40 valence electrons. The molecule has 1 N–H and O–H groups in total. The summed E-state index contributed by atoms with van der Waals surface area (Å²) in [5, 5.41) is 0. The fourth-order valence-corrected chi connectivity index (χ4v) is 0. The van der Waals surface area contributed by atoms with Crippen molar-refractivity contribution in [1.29, 1.82) is 0 Å². The van der Waals surface area contributed by atoms with Crippen molar-refractivity contribution >= 4 is 20.8 Å². The molecule has 6 heavy (non-hydrogen) atoms. The van der Waals surface area contributed by atoms with Crippen LogP contribution < -0.4 is 0 Å². The van der Waals surface area contributed by atoms with Crippen molar-refractivity contribution < 1.29 is 8.76 Å². The maximum atomic E-state index is 8.93. The molecular weight excluding hydrogens is 120 g/mol. The molecule has 0 unspecified atom stereocenters. The lowest BCUT2D eigenvalue weighted by Gasteiger charge is -1.66. The van der Waals surface area contributed by atoms with Gasteiger partial charge in [-0.05, 0) is 0 Å². The molecular formula is C2H7O2S2-.